The van der Waals surface area contributed by atoms with Crippen LogP contribution in [0.25, 0.3) is 0 Å². The molecule has 1 nitrogen and oxygen atoms in total. The van der Waals surface area contributed by atoms with Gasteiger partial charge in [-0.3, -0.25) is 0 Å². The SMILES string of the molecule is PCCNCc1ccccc1. The minimum Gasteiger partial charge on any atom is -0.312 e. The predicted octanol–water partition coefficient (Wildman–Crippen LogP) is 1.65. The highest BCUT2D eigenvalue weighted by molar-refractivity contribution is 7.16. The molecular formula is C9H14NP. The highest BCUT2D eigenvalue weighted by atomic mass is 31.0. The minimum atomic E-state index is 0.981. The van der Waals surface area contributed by atoms with Crippen LogP contribution in [0.15, 0.2) is 30.3 Å². The van der Waals surface area contributed by atoms with Crippen LogP contribution in [0.1, 0.15) is 5.56 Å². The van der Waals surface area contributed by atoms with Gasteiger partial charge in [-0.15, -0.1) is 9.24 Å². The molecule has 2 heteroatoms. The van der Waals surface area contributed by atoms with Crippen molar-refractivity contribution in [1.82, 2.24) is 5.32 Å². The van der Waals surface area contributed by atoms with Crippen molar-refractivity contribution in [2.24, 2.45) is 0 Å². The molecule has 0 aliphatic rings. The van der Waals surface area contributed by atoms with Gasteiger partial charge in [0, 0.05) is 6.54 Å². The average Bonchev–Trinajstić information content (AvgIpc) is 2.07. The highest BCUT2D eigenvalue weighted by Gasteiger charge is 1.87. The first-order valence-electron chi connectivity index (χ1n) is 3.88. The Hall–Kier alpha value is -0.390. The second-order valence-corrected chi connectivity index (χ2v) is 3.03. The fourth-order valence-electron chi connectivity index (χ4n) is 0.931. The Bertz CT molecular complexity index is 186. The molecule has 1 atom stereocenters. The van der Waals surface area contributed by atoms with Crippen LogP contribution in [0.3, 0.4) is 0 Å². The summed E-state index contributed by atoms with van der Waals surface area (Å²) >= 11 is 0. The standard InChI is InChI=1S/C9H14NP/c11-7-6-10-8-9-4-2-1-3-5-9/h1-5,10H,6-8,11H2. The first kappa shape index (κ1) is 8.70. The summed E-state index contributed by atoms with van der Waals surface area (Å²) in [7, 11) is 2.70. The zero-order valence-corrected chi connectivity index (χ0v) is 7.74. The zero-order chi connectivity index (χ0) is 7.94. The van der Waals surface area contributed by atoms with Crippen LogP contribution in [0.4, 0.5) is 0 Å². The smallest absolute Gasteiger partial charge is 0.0205 e. The van der Waals surface area contributed by atoms with E-state index in [0.717, 1.165) is 19.3 Å². The molecule has 1 N–H and O–H groups in total. The first-order chi connectivity index (χ1) is 5.43. The summed E-state index contributed by atoms with van der Waals surface area (Å²) in [5, 5.41) is 3.33. The normalized spacial score (nSPS) is 9.91. The number of hydrogen-bond donors (Lipinski definition) is 1. The second-order valence-electron chi connectivity index (χ2n) is 2.45. The molecule has 1 aromatic carbocycles. The van der Waals surface area contributed by atoms with Gasteiger partial charge in [0.15, 0.2) is 0 Å². The Morgan fingerprint density at radius 3 is 2.55 bits per heavy atom. The molecule has 0 bridgehead atoms. The van der Waals surface area contributed by atoms with Crippen LogP contribution in [-0.2, 0) is 6.54 Å². The van der Waals surface area contributed by atoms with Crippen molar-refractivity contribution < 1.29 is 0 Å². The molecule has 1 rings (SSSR count). The molecule has 0 heterocycles. The third kappa shape index (κ3) is 3.50. The topological polar surface area (TPSA) is 12.0 Å². The van der Waals surface area contributed by atoms with Gasteiger partial charge in [0.25, 0.3) is 0 Å². The monoisotopic (exact) mass is 167 g/mol. The van der Waals surface area contributed by atoms with Crippen molar-refractivity contribution in [2.45, 2.75) is 6.54 Å². The third-order valence-electron chi connectivity index (χ3n) is 1.49. The lowest BCUT2D eigenvalue weighted by Crippen LogP contribution is -2.15. The Morgan fingerprint density at radius 1 is 1.18 bits per heavy atom. The molecule has 0 aliphatic carbocycles. The maximum absolute atomic E-state index is 3.33. The van der Waals surface area contributed by atoms with E-state index >= 15 is 0 Å². The van der Waals surface area contributed by atoms with Crippen LogP contribution in [0.5, 0.6) is 0 Å². The van der Waals surface area contributed by atoms with Crippen LogP contribution < -0.4 is 5.32 Å². The van der Waals surface area contributed by atoms with E-state index in [4.69, 9.17) is 0 Å². The van der Waals surface area contributed by atoms with E-state index in [-0.39, 0.29) is 0 Å². The molecule has 60 valence electrons. The van der Waals surface area contributed by atoms with Crippen LogP contribution >= 0.6 is 9.24 Å². The van der Waals surface area contributed by atoms with Gasteiger partial charge in [-0.2, -0.15) is 0 Å². The van der Waals surface area contributed by atoms with Crippen molar-refractivity contribution in [3.05, 3.63) is 35.9 Å². The molecule has 1 unspecified atom stereocenters. The molecule has 0 fully saturated rings. The predicted molar refractivity (Wildman–Crippen MR) is 52.7 cm³/mol. The molecule has 0 aliphatic heterocycles. The van der Waals surface area contributed by atoms with Crippen molar-refractivity contribution in [2.75, 3.05) is 12.7 Å². The molecule has 1 aromatic rings. The summed E-state index contributed by atoms with van der Waals surface area (Å²) in [6.45, 7) is 2.05. The van der Waals surface area contributed by atoms with E-state index in [0.29, 0.717) is 0 Å². The summed E-state index contributed by atoms with van der Waals surface area (Å²) in [4.78, 5) is 0. The summed E-state index contributed by atoms with van der Waals surface area (Å²) in [6.07, 6.45) is 1.12. The zero-order valence-electron chi connectivity index (χ0n) is 6.59. The van der Waals surface area contributed by atoms with Gasteiger partial charge < -0.3 is 5.32 Å². The van der Waals surface area contributed by atoms with Crippen molar-refractivity contribution in [3.8, 4) is 0 Å². The van der Waals surface area contributed by atoms with Crippen LogP contribution in [0.2, 0.25) is 0 Å². The van der Waals surface area contributed by atoms with E-state index in [1.165, 1.54) is 5.56 Å². The van der Waals surface area contributed by atoms with Gasteiger partial charge in [0.2, 0.25) is 0 Å². The van der Waals surface area contributed by atoms with Gasteiger partial charge in [-0.1, -0.05) is 30.3 Å². The van der Waals surface area contributed by atoms with Gasteiger partial charge in [-0.25, -0.2) is 0 Å². The lowest BCUT2D eigenvalue weighted by atomic mass is 10.2. The second kappa shape index (κ2) is 5.29. The van der Waals surface area contributed by atoms with Gasteiger partial charge >= 0.3 is 0 Å². The highest BCUT2D eigenvalue weighted by Crippen LogP contribution is 1.96. The average molecular weight is 167 g/mol. The number of nitrogens with one attached hydrogen (secondary N) is 1. The van der Waals surface area contributed by atoms with Gasteiger partial charge in [0.1, 0.15) is 0 Å². The molecule has 11 heavy (non-hydrogen) atoms. The number of benzene rings is 1. The van der Waals surface area contributed by atoms with E-state index in [1.807, 2.05) is 6.07 Å². The summed E-state index contributed by atoms with van der Waals surface area (Å²) < 4.78 is 0. The fraction of sp³-hybridized carbons (Fsp3) is 0.333. The lowest BCUT2D eigenvalue weighted by molar-refractivity contribution is 0.732. The molecule has 0 amide bonds. The minimum absolute atomic E-state index is 0.981. The maximum Gasteiger partial charge on any atom is 0.0205 e. The quantitative estimate of drug-likeness (QED) is 0.531. The molecule has 0 saturated carbocycles. The Kier molecular flexibility index (Phi) is 4.18. The number of hydrogen-bond acceptors (Lipinski definition) is 1. The number of rotatable bonds is 4. The summed E-state index contributed by atoms with van der Waals surface area (Å²) in [5.74, 6) is 0. The van der Waals surface area contributed by atoms with E-state index in [2.05, 4.69) is 38.8 Å². The Labute approximate surface area is 70.4 Å². The summed E-state index contributed by atoms with van der Waals surface area (Å²) in [6, 6.07) is 10.4. The lowest BCUT2D eigenvalue weighted by Gasteiger charge is -2.01. The molecule has 0 aromatic heterocycles. The van der Waals surface area contributed by atoms with Gasteiger partial charge in [0.05, 0.1) is 0 Å². The van der Waals surface area contributed by atoms with Crippen molar-refractivity contribution >= 4 is 9.24 Å². The van der Waals surface area contributed by atoms with Crippen molar-refractivity contribution in [1.29, 1.82) is 0 Å². The van der Waals surface area contributed by atoms with E-state index in [1.54, 1.807) is 0 Å². The first-order valence-corrected chi connectivity index (χ1v) is 4.70. The molecule has 0 radical (unpaired) electrons. The Balaban J connectivity index is 2.28. The maximum atomic E-state index is 3.33. The van der Waals surface area contributed by atoms with Crippen LogP contribution in [-0.4, -0.2) is 12.7 Å². The molecule has 0 saturated heterocycles. The van der Waals surface area contributed by atoms with Crippen molar-refractivity contribution in [3.63, 3.8) is 0 Å². The molecule has 0 spiro atoms. The van der Waals surface area contributed by atoms with E-state index < -0.39 is 0 Å². The third-order valence-corrected chi connectivity index (χ3v) is 1.78. The Morgan fingerprint density at radius 2 is 1.91 bits per heavy atom. The largest absolute Gasteiger partial charge is 0.312 e. The fourth-order valence-corrected chi connectivity index (χ4v) is 1.13. The molecular weight excluding hydrogens is 153 g/mol. The van der Waals surface area contributed by atoms with E-state index in [9.17, 15) is 0 Å². The van der Waals surface area contributed by atoms with Crippen LogP contribution in [0, 0.1) is 0 Å². The summed E-state index contributed by atoms with van der Waals surface area (Å²) in [5.41, 5.74) is 1.35. The van der Waals surface area contributed by atoms with Gasteiger partial charge in [-0.05, 0) is 18.3 Å².